The number of aromatic nitrogens is 3. The maximum atomic E-state index is 4.94. The molecule has 0 radical (unpaired) electrons. The quantitative estimate of drug-likeness (QED) is 0.601. The lowest BCUT2D eigenvalue weighted by Crippen LogP contribution is -1.84. The third-order valence-electron chi connectivity index (χ3n) is 1.40. The minimum Gasteiger partial charge on any atom is -0.345 e. The lowest BCUT2D eigenvalue weighted by molar-refractivity contribution is 1.07. The van der Waals surface area contributed by atoms with Crippen molar-refractivity contribution in [1.29, 1.82) is 0 Å². The predicted molar refractivity (Wildman–Crippen MR) is 44.7 cm³/mol. The first kappa shape index (κ1) is 6.42. The summed E-state index contributed by atoms with van der Waals surface area (Å²) in [5.74, 6) is 0. The second-order valence-electron chi connectivity index (χ2n) is 2.15. The van der Waals surface area contributed by atoms with Gasteiger partial charge >= 0.3 is 0 Å². The van der Waals surface area contributed by atoms with Crippen LogP contribution in [-0.4, -0.2) is 15.2 Å². The van der Waals surface area contributed by atoms with E-state index in [1.54, 1.807) is 12.3 Å². The number of hydrogen-bond donors (Lipinski definition) is 1. The Hall–Kier alpha value is -1.29. The minimum absolute atomic E-state index is 0.713. The molecule has 2 heterocycles. The number of H-pyrrole nitrogens is 1. The molecular formula is C7H5N3S. The van der Waals surface area contributed by atoms with Crippen LogP contribution in [0.4, 0.5) is 0 Å². The van der Waals surface area contributed by atoms with Gasteiger partial charge in [0.05, 0.1) is 11.7 Å². The topological polar surface area (TPSA) is 41.6 Å². The Morgan fingerprint density at radius 3 is 3.09 bits per heavy atom. The largest absolute Gasteiger partial charge is 0.345 e. The number of nitrogens with zero attached hydrogens (tertiary/aromatic N) is 2. The van der Waals surface area contributed by atoms with Crippen molar-refractivity contribution < 1.29 is 0 Å². The average molecular weight is 163 g/mol. The average Bonchev–Trinajstić information content (AvgIpc) is 2.04. The standard InChI is InChI=1S/C7H5N3S/c11-7-2-1-6-5(9-7)3-4-8-10-6/h1-4H,(H,9,11). The van der Waals surface area contributed by atoms with Crippen LogP contribution in [0, 0.1) is 4.64 Å². The molecule has 4 heteroatoms. The van der Waals surface area contributed by atoms with Gasteiger partial charge in [0.2, 0.25) is 0 Å². The molecule has 0 aliphatic heterocycles. The lowest BCUT2D eigenvalue weighted by Gasteiger charge is -1.92. The van der Waals surface area contributed by atoms with Crippen LogP contribution in [0.3, 0.4) is 0 Å². The molecule has 0 fully saturated rings. The molecule has 11 heavy (non-hydrogen) atoms. The van der Waals surface area contributed by atoms with E-state index in [1.807, 2.05) is 12.1 Å². The highest BCUT2D eigenvalue weighted by Gasteiger charge is 1.90. The van der Waals surface area contributed by atoms with Gasteiger partial charge in [-0.2, -0.15) is 5.10 Å². The molecule has 54 valence electrons. The van der Waals surface area contributed by atoms with E-state index < -0.39 is 0 Å². The second kappa shape index (κ2) is 2.39. The van der Waals surface area contributed by atoms with Gasteiger partial charge in [-0.25, -0.2) is 0 Å². The third-order valence-corrected chi connectivity index (χ3v) is 1.64. The SMILES string of the molecule is S=c1ccc2nnccc2[nH]1. The number of nitrogens with one attached hydrogen (secondary N) is 1. The molecule has 2 rings (SSSR count). The Morgan fingerprint density at radius 2 is 2.18 bits per heavy atom. The number of hydrogen-bond acceptors (Lipinski definition) is 3. The van der Waals surface area contributed by atoms with Crippen LogP contribution in [-0.2, 0) is 0 Å². The Balaban J connectivity index is 2.94. The van der Waals surface area contributed by atoms with Crippen molar-refractivity contribution in [2.24, 2.45) is 0 Å². The summed E-state index contributed by atoms with van der Waals surface area (Å²) in [5, 5.41) is 7.63. The Kier molecular flexibility index (Phi) is 1.40. The zero-order valence-corrected chi connectivity index (χ0v) is 6.43. The number of fused-ring (bicyclic) bond motifs is 1. The van der Waals surface area contributed by atoms with Crippen LogP contribution in [0.15, 0.2) is 24.4 Å². The van der Waals surface area contributed by atoms with E-state index in [1.165, 1.54) is 0 Å². The fourth-order valence-corrected chi connectivity index (χ4v) is 1.08. The fraction of sp³-hybridized carbons (Fsp3) is 0. The normalized spacial score (nSPS) is 10.2. The first-order valence-electron chi connectivity index (χ1n) is 3.17. The number of pyridine rings is 1. The summed E-state index contributed by atoms with van der Waals surface area (Å²) >= 11 is 4.94. The van der Waals surface area contributed by atoms with Gasteiger partial charge in [-0.15, -0.1) is 5.10 Å². The van der Waals surface area contributed by atoms with Crippen molar-refractivity contribution in [1.82, 2.24) is 15.2 Å². The molecule has 0 aliphatic carbocycles. The summed E-state index contributed by atoms with van der Waals surface area (Å²) in [6.07, 6.45) is 1.63. The summed E-state index contributed by atoms with van der Waals surface area (Å²) in [6.45, 7) is 0. The summed E-state index contributed by atoms with van der Waals surface area (Å²) in [4.78, 5) is 3.00. The molecule has 0 amide bonds. The third kappa shape index (κ3) is 1.12. The molecule has 0 spiro atoms. The molecule has 1 N–H and O–H groups in total. The van der Waals surface area contributed by atoms with Gasteiger partial charge in [-0.05, 0) is 18.2 Å². The molecule has 0 aromatic carbocycles. The van der Waals surface area contributed by atoms with E-state index in [4.69, 9.17) is 12.2 Å². The van der Waals surface area contributed by atoms with Gasteiger partial charge in [0.15, 0.2) is 0 Å². The minimum atomic E-state index is 0.713. The van der Waals surface area contributed by atoms with Gasteiger partial charge < -0.3 is 4.98 Å². The highest BCUT2D eigenvalue weighted by Crippen LogP contribution is 2.04. The number of aromatic amines is 1. The summed E-state index contributed by atoms with van der Waals surface area (Å²) in [7, 11) is 0. The van der Waals surface area contributed by atoms with Gasteiger partial charge in [0, 0.05) is 0 Å². The molecule has 2 aromatic rings. The van der Waals surface area contributed by atoms with Crippen LogP contribution in [0.2, 0.25) is 0 Å². The second-order valence-corrected chi connectivity index (χ2v) is 2.59. The van der Waals surface area contributed by atoms with E-state index in [9.17, 15) is 0 Å². The van der Waals surface area contributed by atoms with E-state index in [2.05, 4.69) is 15.2 Å². The van der Waals surface area contributed by atoms with Crippen LogP contribution in [0.5, 0.6) is 0 Å². The van der Waals surface area contributed by atoms with Crippen molar-refractivity contribution in [3.63, 3.8) is 0 Å². The highest BCUT2D eigenvalue weighted by molar-refractivity contribution is 7.71. The first-order valence-corrected chi connectivity index (χ1v) is 3.58. The zero-order chi connectivity index (χ0) is 7.68. The van der Waals surface area contributed by atoms with Crippen LogP contribution >= 0.6 is 12.2 Å². The maximum absolute atomic E-state index is 4.94. The van der Waals surface area contributed by atoms with Crippen LogP contribution in [0.1, 0.15) is 0 Å². The maximum Gasteiger partial charge on any atom is 0.109 e. The van der Waals surface area contributed by atoms with Gasteiger partial charge in [-0.1, -0.05) is 12.2 Å². The molecule has 0 atom stereocenters. The van der Waals surface area contributed by atoms with E-state index in [0.29, 0.717) is 4.64 Å². The molecule has 0 unspecified atom stereocenters. The van der Waals surface area contributed by atoms with E-state index in [0.717, 1.165) is 11.0 Å². The molecule has 0 bridgehead atoms. The molecule has 3 nitrogen and oxygen atoms in total. The van der Waals surface area contributed by atoms with Gasteiger partial charge in [0.25, 0.3) is 0 Å². The molecular weight excluding hydrogens is 158 g/mol. The summed E-state index contributed by atoms with van der Waals surface area (Å²) in [5.41, 5.74) is 1.76. The molecule has 2 aromatic heterocycles. The van der Waals surface area contributed by atoms with Crippen LogP contribution in [0.25, 0.3) is 11.0 Å². The predicted octanol–water partition coefficient (Wildman–Crippen LogP) is 1.69. The smallest absolute Gasteiger partial charge is 0.109 e. The van der Waals surface area contributed by atoms with Crippen LogP contribution < -0.4 is 0 Å². The van der Waals surface area contributed by atoms with E-state index in [-0.39, 0.29) is 0 Å². The van der Waals surface area contributed by atoms with Crippen molar-refractivity contribution in [3.8, 4) is 0 Å². The van der Waals surface area contributed by atoms with Crippen molar-refractivity contribution >= 4 is 23.3 Å². The van der Waals surface area contributed by atoms with E-state index >= 15 is 0 Å². The first-order chi connectivity index (χ1) is 5.36. The lowest BCUT2D eigenvalue weighted by atomic mass is 10.3. The fourth-order valence-electron chi connectivity index (χ4n) is 0.900. The monoisotopic (exact) mass is 163 g/mol. The Morgan fingerprint density at radius 1 is 1.27 bits per heavy atom. The number of rotatable bonds is 0. The Bertz CT molecular complexity index is 435. The molecule has 0 saturated heterocycles. The zero-order valence-electron chi connectivity index (χ0n) is 5.61. The summed E-state index contributed by atoms with van der Waals surface area (Å²) < 4.78 is 0.713. The van der Waals surface area contributed by atoms with Crippen molar-refractivity contribution in [3.05, 3.63) is 29.0 Å². The van der Waals surface area contributed by atoms with Gasteiger partial charge in [0.1, 0.15) is 10.2 Å². The van der Waals surface area contributed by atoms with Gasteiger partial charge in [-0.3, -0.25) is 0 Å². The highest BCUT2D eigenvalue weighted by atomic mass is 32.1. The summed E-state index contributed by atoms with van der Waals surface area (Å²) in [6, 6.07) is 5.49. The molecule has 0 saturated carbocycles. The molecule has 0 aliphatic rings. The van der Waals surface area contributed by atoms with Crippen molar-refractivity contribution in [2.75, 3.05) is 0 Å². The Labute approximate surface area is 68.1 Å². The van der Waals surface area contributed by atoms with Crippen molar-refractivity contribution in [2.45, 2.75) is 0 Å².